The average Bonchev–Trinajstić information content (AvgIpc) is 2.35. The highest BCUT2D eigenvalue weighted by Gasteiger charge is 2.21. The van der Waals surface area contributed by atoms with Gasteiger partial charge in [-0.2, -0.15) is 0 Å². The third kappa shape index (κ3) is 7.20. The Bertz CT molecular complexity index is 411. The topological polar surface area (TPSA) is 29.1 Å². The molecule has 2 nitrogen and oxygen atoms in total. The molecular formula is C17H29NOS. The zero-order valence-corrected chi connectivity index (χ0v) is 14.3. The van der Waals surface area contributed by atoms with Gasteiger partial charge in [-0.05, 0) is 30.7 Å². The van der Waals surface area contributed by atoms with Crippen LogP contribution in [0.25, 0.3) is 0 Å². The van der Waals surface area contributed by atoms with Crippen LogP contribution in [0, 0.1) is 5.41 Å². The van der Waals surface area contributed by atoms with E-state index in [9.17, 15) is 4.21 Å². The van der Waals surface area contributed by atoms with E-state index in [1.165, 1.54) is 5.56 Å². The van der Waals surface area contributed by atoms with E-state index in [1.54, 1.807) is 6.26 Å². The van der Waals surface area contributed by atoms with Crippen molar-refractivity contribution in [2.45, 2.75) is 52.6 Å². The van der Waals surface area contributed by atoms with E-state index in [1.807, 2.05) is 0 Å². The number of rotatable bonds is 7. The van der Waals surface area contributed by atoms with Crippen LogP contribution in [0.3, 0.4) is 0 Å². The lowest BCUT2D eigenvalue weighted by atomic mass is 9.85. The summed E-state index contributed by atoms with van der Waals surface area (Å²) < 4.78 is 11.2. The van der Waals surface area contributed by atoms with Crippen LogP contribution in [0.2, 0.25) is 0 Å². The van der Waals surface area contributed by atoms with Gasteiger partial charge in [0.15, 0.2) is 0 Å². The first-order valence-corrected chi connectivity index (χ1v) is 9.11. The Balaban J connectivity index is 2.71. The minimum atomic E-state index is -0.704. The first-order chi connectivity index (χ1) is 9.28. The molecule has 3 atom stereocenters. The third-order valence-electron chi connectivity index (χ3n) is 3.34. The number of hydrogen-bond acceptors (Lipinski definition) is 2. The van der Waals surface area contributed by atoms with Crippen molar-refractivity contribution in [3.05, 3.63) is 35.9 Å². The van der Waals surface area contributed by atoms with Crippen LogP contribution in [-0.2, 0) is 10.8 Å². The smallest absolute Gasteiger partial charge is 0.0327 e. The van der Waals surface area contributed by atoms with E-state index in [-0.39, 0.29) is 5.41 Å². The molecule has 0 aliphatic heterocycles. The SMILES string of the molecule is CC(CCS(C)=O)NC(CC(C)(C)C)c1ccccc1. The van der Waals surface area contributed by atoms with Crippen LogP contribution in [0.4, 0.5) is 0 Å². The van der Waals surface area contributed by atoms with Crippen molar-refractivity contribution in [2.75, 3.05) is 12.0 Å². The van der Waals surface area contributed by atoms with E-state index in [0.29, 0.717) is 12.1 Å². The van der Waals surface area contributed by atoms with Crippen molar-refractivity contribution in [1.82, 2.24) is 5.32 Å². The molecule has 114 valence electrons. The molecule has 0 radical (unpaired) electrons. The van der Waals surface area contributed by atoms with E-state index >= 15 is 0 Å². The van der Waals surface area contributed by atoms with Crippen LogP contribution in [-0.4, -0.2) is 22.3 Å². The maximum Gasteiger partial charge on any atom is 0.0327 e. The Morgan fingerprint density at radius 2 is 1.80 bits per heavy atom. The summed E-state index contributed by atoms with van der Waals surface area (Å²) in [5, 5.41) is 3.71. The fourth-order valence-corrected chi connectivity index (χ4v) is 3.03. The Morgan fingerprint density at radius 3 is 2.30 bits per heavy atom. The Kier molecular flexibility index (Phi) is 6.90. The highest BCUT2D eigenvalue weighted by Crippen LogP contribution is 2.29. The predicted octanol–water partition coefficient (Wildman–Crippen LogP) is 3.91. The first-order valence-electron chi connectivity index (χ1n) is 7.39. The second-order valence-corrected chi connectivity index (χ2v) is 8.42. The molecule has 1 N–H and O–H groups in total. The summed E-state index contributed by atoms with van der Waals surface area (Å²) in [6.45, 7) is 9.01. The first kappa shape index (κ1) is 17.4. The molecule has 0 heterocycles. The Hall–Kier alpha value is -0.670. The largest absolute Gasteiger partial charge is 0.307 e. The zero-order valence-electron chi connectivity index (χ0n) is 13.5. The minimum Gasteiger partial charge on any atom is -0.307 e. The molecule has 3 unspecified atom stereocenters. The van der Waals surface area contributed by atoms with Crippen LogP contribution in [0.1, 0.15) is 52.1 Å². The fourth-order valence-electron chi connectivity index (χ4n) is 2.34. The molecular weight excluding hydrogens is 266 g/mol. The van der Waals surface area contributed by atoms with Gasteiger partial charge in [0.2, 0.25) is 0 Å². The van der Waals surface area contributed by atoms with E-state index in [0.717, 1.165) is 18.6 Å². The van der Waals surface area contributed by atoms with Crippen LogP contribution < -0.4 is 5.32 Å². The van der Waals surface area contributed by atoms with Gasteiger partial charge in [-0.1, -0.05) is 51.1 Å². The number of hydrogen-bond donors (Lipinski definition) is 1. The summed E-state index contributed by atoms with van der Waals surface area (Å²) in [7, 11) is -0.704. The van der Waals surface area contributed by atoms with Crippen LogP contribution >= 0.6 is 0 Å². The third-order valence-corrected chi connectivity index (χ3v) is 4.15. The molecule has 0 aliphatic rings. The normalized spacial score (nSPS) is 16.6. The molecule has 0 saturated heterocycles. The van der Waals surface area contributed by atoms with Gasteiger partial charge < -0.3 is 5.32 Å². The highest BCUT2D eigenvalue weighted by atomic mass is 32.2. The molecule has 0 bridgehead atoms. The zero-order chi connectivity index (χ0) is 15.2. The van der Waals surface area contributed by atoms with Crippen molar-refractivity contribution < 1.29 is 4.21 Å². The van der Waals surface area contributed by atoms with Gasteiger partial charge in [-0.25, -0.2) is 0 Å². The molecule has 1 aromatic rings. The lowest BCUT2D eigenvalue weighted by molar-refractivity contribution is 0.295. The summed E-state index contributed by atoms with van der Waals surface area (Å²) in [6, 6.07) is 11.4. The molecule has 20 heavy (non-hydrogen) atoms. The van der Waals surface area contributed by atoms with Crippen molar-refractivity contribution in [1.29, 1.82) is 0 Å². The molecule has 0 aliphatic carbocycles. The summed E-state index contributed by atoms with van der Waals surface area (Å²) in [6.07, 6.45) is 3.82. The van der Waals surface area contributed by atoms with Crippen LogP contribution in [0.15, 0.2) is 30.3 Å². The van der Waals surface area contributed by atoms with Crippen LogP contribution in [0.5, 0.6) is 0 Å². The quantitative estimate of drug-likeness (QED) is 0.826. The number of benzene rings is 1. The molecule has 0 amide bonds. The van der Waals surface area contributed by atoms with E-state index in [2.05, 4.69) is 63.3 Å². The van der Waals surface area contributed by atoms with Crippen molar-refractivity contribution in [3.8, 4) is 0 Å². The van der Waals surface area contributed by atoms with E-state index < -0.39 is 10.8 Å². The molecule has 1 rings (SSSR count). The minimum absolute atomic E-state index is 0.279. The molecule has 0 saturated carbocycles. The number of nitrogens with one attached hydrogen (secondary N) is 1. The second-order valence-electron chi connectivity index (χ2n) is 6.86. The van der Waals surface area contributed by atoms with Crippen molar-refractivity contribution >= 4 is 10.8 Å². The van der Waals surface area contributed by atoms with E-state index in [4.69, 9.17) is 0 Å². The van der Waals surface area contributed by atoms with Gasteiger partial charge >= 0.3 is 0 Å². The summed E-state index contributed by atoms with van der Waals surface area (Å²) in [5.41, 5.74) is 1.62. The monoisotopic (exact) mass is 295 g/mol. The lowest BCUT2D eigenvalue weighted by Gasteiger charge is -2.30. The molecule has 0 fully saturated rings. The van der Waals surface area contributed by atoms with Gasteiger partial charge in [0, 0.05) is 34.9 Å². The second kappa shape index (κ2) is 7.94. The molecule has 1 aromatic carbocycles. The summed E-state index contributed by atoms with van der Waals surface area (Å²) in [4.78, 5) is 0. The highest BCUT2D eigenvalue weighted by molar-refractivity contribution is 7.84. The van der Waals surface area contributed by atoms with Gasteiger partial charge in [0.25, 0.3) is 0 Å². The summed E-state index contributed by atoms with van der Waals surface area (Å²) in [5.74, 6) is 0.769. The van der Waals surface area contributed by atoms with Crippen molar-refractivity contribution in [2.24, 2.45) is 5.41 Å². The van der Waals surface area contributed by atoms with Gasteiger partial charge in [-0.15, -0.1) is 0 Å². The predicted molar refractivity (Wildman–Crippen MR) is 89.4 cm³/mol. The average molecular weight is 295 g/mol. The van der Waals surface area contributed by atoms with Gasteiger partial charge in [-0.3, -0.25) is 4.21 Å². The standard InChI is InChI=1S/C17H29NOS/c1-14(11-12-20(5)19)18-16(13-17(2,3)4)15-9-7-6-8-10-15/h6-10,14,16,18H,11-13H2,1-5H3. The molecule has 0 aromatic heterocycles. The maximum atomic E-state index is 11.2. The Labute approximate surface area is 126 Å². The van der Waals surface area contributed by atoms with Gasteiger partial charge in [0.1, 0.15) is 0 Å². The maximum absolute atomic E-state index is 11.2. The van der Waals surface area contributed by atoms with Crippen molar-refractivity contribution in [3.63, 3.8) is 0 Å². The Morgan fingerprint density at radius 1 is 1.20 bits per heavy atom. The van der Waals surface area contributed by atoms with Gasteiger partial charge in [0.05, 0.1) is 0 Å². The lowest BCUT2D eigenvalue weighted by Crippen LogP contribution is -2.33. The molecule has 3 heteroatoms. The summed E-state index contributed by atoms with van der Waals surface area (Å²) >= 11 is 0. The fraction of sp³-hybridized carbons (Fsp3) is 0.647. The molecule has 0 spiro atoms.